The molecule has 2 heterocycles. The summed E-state index contributed by atoms with van der Waals surface area (Å²) in [6.45, 7) is 2.36. The number of aromatic nitrogens is 2. The largest absolute Gasteiger partial charge is 0.465 e. The molecule has 3 rings (SSSR count). The van der Waals surface area contributed by atoms with Crippen molar-refractivity contribution in [1.82, 2.24) is 15.3 Å². The number of carbonyl (C=O) groups excluding carboxylic acids is 2. The fourth-order valence-electron chi connectivity index (χ4n) is 2.47. The number of ether oxygens (including phenoxy) is 1. The van der Waals surface area contributed by atoms with Crippen molar-refractivity contribution in [2.24, 2.45) is 0 Å². The zero-order valence-electron chi connectivity index (χ0n) is 14.9. The molecule has 0 saturated heterocycles. The molecule has 1 aromatic carbocycles. The summed E-state index contributed by atoms with van der Waals surface area (Å²) in [4.78, 5) is 32.6. The first kappa shape index (κ1) is 18.5. The molecule has 0 unspecified atom stereocenters. The minimum atomic E-state index is -0.428. The summed E-state index contributed by atoms with van der Waals surface area (Å²) in [5.41, 5.74) is 2.56. The van der Waals surface area contributed by atoms with Gasteiger partial charge in [0.25, 0.3) is 0 Å². The average Bonchev–Trinajstić information content (AvgIpc) is 3.18. The molecule has 0 bridgehead atoms. The third-order valence-corrected chi connectivity index (χ3v) is 4.70. The van der Waals surface area contributed by atoms with Crippen LogP contribution in [0, 0.1) is 0 Å². The molecule has 0 spiro atoms. The van der Waals surface area contributed by atoms with Gasteiger partial charge in [0, 0.05) is 18.3 Å². The SMILES string of the molecule is CCNC(=O)Nc1cc(-c2ccccc2)c(-c2ncc(C(=O)OC)s2)cn1. The Labute approximate surface area is 160 Å². The highest BCUT2D eigenvalue weighted by molar-refractivity contribution is 7.16. The van der Waals surface area contributed by atoms with Crippen molar-refractivity contribution in [3.05, 3.63) is 53.7 Å². The van der Waals surface area contributed by atoms with Gasteiger partial charge in [-0.2, -0.15) is 0 Å². The number of hydrogen-bond acceptors (Lipinski definition) is 6. The zero-order valence-corrected chi connectivity index (χ0v) is 15.7. The van der Waals surface area contributed by atoms with E-state index in [-0.39, 0.29) is 6.03 Å². The first-order valence-corrected chi connectivity index (χ1v) is 9.09. The minimum Gasteiger partial charge on any atom is -0.465 e. The molecule has 0 saturated carbocycles. The lowest BCUT2D eigenvalue weighted by Crippen LogP contribution is -2.28. The highest BCUT2D eigenvalue weighted by Gasteiger charge is 2.16. The number of anilines is 1. The van der Waals surface area contributed by atoms with Gasteiger partial charge in [-0.1, -0.05) is 30.3 Å². The van der Waals surface area contributed by atoms with Crippen molar-refractivity contribution in [1.29, 1.82) is 0 Å². The van der Waals surface area contributed by atoms with Gasteiger partial charge in [0.1, 0.15) is 15.7 Å². The molecule has 2 amide bonds. The molecule has 27 heavy (non-hydrogen) atoms. The van der Waals surface area contributed by atoms with Gasteiger partial charge < -0.3 is 10.1 Å². The normalized spacial score (nSPS) is 10.3. The number of amides is 2. The maximum Gasteiger partial charge on any atom is 0.349 e. The second-order valence-corrected chi connectivity index (χ2v) is 6.52. The molecule has 7 nitrogen and oxygen atoms in total. The van der Waals surface area contributed by atoms with E-state index < -0.39 is 5.97 Å². The lowest BCUT2D eigenvalue weighted by atomic mass is 10.0. The summed E-state index contributed by atoms with van der Waals surface area (Å²) in [7, 11) is 1.33. The Bertz CT molecular complexity index is 957. The van der Waals surface area contributed by atoms with Crippen molar-refractivity contribution >= 4 is 29.2 Å². The summed E-state index contributed by atoms with van der Waals surface area (Å²) in [6.07, 6.45) is 3.13. The Morgan fingerprint density at radius 2 is 1.89 bits per heavy atom. The second-order valence-electron chi connectivity index (χ2n) is 5.49. The molecule has 2 aromatic heterocycles. The van der Waals surface area contributed by atoms with E-state index in [1.54, 1.807) is 12.3 Å². The molecule has 0 radical (unpaired) electrons. The molecule has 0 atom stereocenters. The van der Waals surface area contributed by atoms with Crippen LogP contribution in [0.5, 0.6) is 0 Å². The summed E-state index contributed by atoms with van der Waals surface area (Å²) in [5.74, 6) is -0.00389. The number of nitrogens with zero attached hydrogens (tertiary/aromatic N) is 2. The van der Waals surface area contributed by atoms with Gasteiger partial charge in [-0.15, -0.1) is 11.3 Å². The smallest absolute Gasteiger partial charge is 0.349 e. The van der Waals surface area contributed by atoms with Crippen LogP contribution in [0.15, 0.2) is 48.8 Å². The van der Waals surface area contributed by atoms with E-state index in [1.165, 1.54) is 24.6 Å². The predicted molar refractivity (Wildman–Crippen MR) is 105 cm³/mol. The van der Waals surface area contributed by atoms with E-state index >= 15 is 0 Å². The number of urea groups is 1. The van der Waals surface area contributed by atoms with Crippen LogP contribution in [0.1, 0.15) is 16.6 Å². The number of rotatable bonds is 5. The van der Waals surface area contributed by atoms with E-state index in [9.17, 15) is 9.59 Å². The van der Waals surface area contributed by atoms with E-state index in [0.717, 1.165) is 16.7 Å². The fraction of sp³-hybridized carbons (Fsp3) is 0.158. The number of esters is 1. The summed E-state index contributed by atoms with van der Waals surface area (Å²) in [6, 6.07) is 11.2. The van der Waals surface area contributed by atoms with Crippen LogP contribution in [0.3, 0.4) is 0 Å². The third kappa shape index (κ3) is 4.29. The van der Waals surface area contributed by atoms with Crippen molar-refractivity contribution in [2.45, 2.75) is 6.92 Å². The zero-order chi connectivity index (χ0) is 19.2. The number of benzene rings is 1. The van der Waals surface area contributed by atoms with Gasteiger partial charge in [-0.3, -0.25) is 5.32 Å². The number of nitrogens with one attached hydrogen (secondary N) is 2. The maximum atomic E-state index is 11.8. The van der Waals surface area contributed by atoms with Gasteiger partial charge in [-0.05, 0) is 24.1 Å². The van der Waals surface area contributed by atoms with Crippen LogP contribution in [0.4, 0.5) is 10.6 Å². The Hall–Kier alpha value is -3.26. The summed E-state index contributed by atoms with van der Waals surface area (Å²) in [5, 5.41) is 6.03. The molecular weight excluding hydrogens is 364 g/mol. The highest BCUT2D eigenvalue weighted by atomic mass is 32.1. The quantitative estimate of drug-likeness (QED) is 0.655. The van der Waals surface area contributed by atoms with E-state index in [2.05, 4.69) is 20.6 Å². The standard InChI is InChI=1S/C19H18N4O3S/c1-3-20-19(25)23-16-9-13(12-7-5-4-6-8-12)14(10-21-16)17-22-11-15(27-17)18(24)26-2/h4-11H,3H2,1-2H3,(H2,20,21,23,25). The molecule has 138 valence electrons. The summed E-state index contributed by atoms with van der Waals surface area (Å²) < 4.78 is 4.75. The Balaban J connectivity index is 2.04. The highest BCUT2D eigenvalue weighted by Crippen LogP contribution is 2.35. The molecule has 2 N–H and O–H groups in total. The van der Waals surface area contributed by atoms with Crippen LogP contribution >= 0.6 is 11.3 Å². The van der Waals surface area contributed by atoms with E-state index in [0.29, 0.717) is 22.2 Å². The number of thiazole rings is 1. The Morgan fingerprint density at radius 3 is 2.59 bits per heavy atom. The van der Waals surface area contributed by atoms with Crippen LogP contribution in [-0.2, 0) is 4.74 Å². The van der Waals surface area contributed by atoms with Crippen LogP contribution < -0.4 is 10.6 Å². The molecule has 8 heteroatoms. The molecule has 0 fully saturated rings. The first-order chi connectivity index (χ1) is 13.1. The Kier molecular flexibility index (Phi) is 5.77. The van der Waals surface area contributed by atoms with Gasteiger partial charge >= 0.3 is 12.0 Å². The van der Waals surface area contributed by atoms with Crippen LogP contribution in [0.25, 0.3) is 21.7 Å². The minimum absolute atomic E-state index is 0.320. The van der Waals surface area contributed by atoms with Crippen molar-refractivity contribution in [3.8, 4) is 21.7 Å². The molecule has 0 aliphatic heterocycles. The monoisotopic (exact) mass is 382 g/mol. The van der Waals surface area contributed by atoms with Crippen molar-refractivity contribution in [2.75, 3.05) is 19.0 Å². The van der Waals surface area contributed by atoms with Crippen molar-refractivity contribution in [3.63, 3.8) is 0 Å². The lowest BCUT2D eigenvalue weighted by Gasteiger charge is -2.11. The van der Waals surface area contributed by atoms with Crippen LogP contribution in [-0.4, -0.2) is 35.6 Å². The van der Waals surface area contributed by atoms with Gasteiger partial charge in [0.15, 0.2) is 0 Å². The number of carbonyl (C=O) groups is 2. The maximum absolute atomic E-state index is 11.8. The fourth-order valence-corrected chi connectivity index (χ4v) is 3.32. The number of hydrogen-bond donors (Lipinski definition) is 2. The molecule has 0 aliphatic rings. The average molecular weight is 382 g/mol. The van der Waals surface area contributed by atoms with Gasteiger partial charge in [0.2, 0.25) is 0 Å². The predicted octanol–water partition coefficient (Wildman–Crippen LogP) is 3.80. The lowest BCUT2D eigenvalue weighted by molar-refractivity contribution is 0.0606. The Morgan fingerprint density at radius 1 is 1.11 bits per heavy atom. The molecular formula is C19H18N4O3S. The van der Waals surface area contributed by atoms with Crippen LogP contribution in [0.2, 0.25) is 0 Å². The first-order valence-electron chi connectivity index (χ1n) is 8.27. The van der Waals surface area contributed by atoms with E-state index in [4.69, 9.17) is 4.74 Å². The van der Waals surface area contributed by atoms with Crippen molar-refractivity contribution < 1.29 is 14.3 Å². The number of methoxy groups -OCH3 is 1. The topological polar surface area (TPSA) is 93.2 Å². The van der Waals surface area contributed by atoms with E-state index in [1.807, 2.05) is 37.3 Å². The third-order valence-electron chi connectivity index (χ3n) is 3.69. The number of pyridine rings is 1. The van der Waals surface area contributed by atoms with Gasteiger partial charge in [-0.25, -0.2) is 19.6 Å². The molecule has 3 aromatic rings. The second kappa shape index (κ2) is 8.41. The van der Waals surface area contributed by atoms with Gasteiger partial charge in [0.05, 0.1) is 13.3 Å². The molecule has 0 aliphatic carbocycles. The summed E-state index contributed by atoms with van der Waals surface area (Å²) >= 11 is 1.23.